The van der Waals surface area contributed by atoms with Crippen molar-refractivity contribution < 1.29 is 0 Å². The summed E-state index contributed by atoms with van der Waals surface area (Å²) in [4.78, 5) is 4.23. The van der Waals surface area contributed by atoms with Crippen LogP contribution in [0.25, 0.3) is 21.5 Å². The Morgan fingerprint density at radius 2 is 0.815 bits per heavy atom. The van der Waals surface area contributed by atoms with Crippen LogP contribution in [-0.2, 0) is 0 Å². The van der Waals surface area contributed by atoms with E-state index in [1.165, 1.54) is 36.2 Å². The molecule has 0 heterocycles. The number of fused-ring (bicyclic) bond motifs is 2. The van der Waals surface area contributed by atoms with Crippen LogP contribution in [0.3, 0.4) is 0 Å². The third kappa shape index (κ3) is 2.90. The van der Waals surface area contributed by atoms with Gasteiger partial charge in [-0.25, -0.2) is 0 Å². The molecule has 0 aliphatic carbocycles. The third-order valence-corrected chi connectivity index (χ3v) is 7.59. The summed E-state index contributed by atoms with van der Waals surface area (Å²) in [5, 5.41) is 5.31. The van der Waals surface area contributed by atoms with Crippen LogP contribution in [0, 0.1) is 0 Å². The Hall–Kier alpha value is -3.03. The van der Waals surface area contributed by atoms with Crippen molar-refractivity contribution in [3.8, 4) is 0 Å². The van der Waals surface area contributed by atoms with E-state index in [2.05, 4.69) is 115 Å². The van der Waals surface area contributed by atoms with Gasteiger partial charge in [-0.05, 0) is 50.7 Å². The highest BCUT2D eigenvalue weighted by Crippen LogP contribution is 2.55. The first-order valence-electron chi connectivity index (χ1n) is 9.22. The molecule has 0 nitrogen and oxygen atoms in total. The minimum atomic E-state index is -0.646. The largest absolute Gasteiger partial charge is 0.172 e. The number of hydrogen-bond donors (Lipinski definition) is 1. The van der Waals surface area contributed by atoms with E-state index in [4.69, 9.17) is 0 Å². The van der Waals surface area contributed by atoms with Gasteiger partial charge < -0.3 is 0 Å². The van der Waals surface area contributed by atoms with E-state index in [0.29, 0.717) is 0 Å². The van der Waals surface area contributed by atoms with Gasteiger partial charge in [-0.15, -0.1) is 0 Å². The van der Waals surface area contributed by atoms with Crippen molar-refractivity contribution in [3.05, 3.63) is 115 Å². The van der Waals surface area contributed by atoms with Crippen LogP contribution in [0.5, 0.6) is 0 Å². The zero-order chi connectivity index (χ0) is 18.1. The van der Waals surface area contributed by atoms with Crippen molar-refractivity contribution in [1.82, 2.24) is 0 Å². The molecule has 0 atom stereocenters. The van der Waals surface area contributed by atoms with Crippen LogP contribution in [-0.4, -0.2) is 0 Å². The molecule has 0 amide bonds. The molecule has 27 heavy (non-hydrogen) atoms. The van der Waals surface area contributed by atoms with Gasteiger partial charge in [0, 0.05) is 9.79 Å². The van der Waals surface area contributed by atoms with Gasteiger partial charge in [0.15, 0.2) is 0 Å². The van der Waals surface area contributed by atoms with E-state index in [1.807, 2.05) is 0 Å². The summed E-state index contributed by atoms with van der Waals surface area (Å²) in [6.45, 7) is 0. The lowest BCUT2D eigenvalue weighted by Gasteiger charge is -2.26. The number of thiol groups is 1. The number of rotatable bonds is 3. The first-order valence-corrected chi connectivity index (χ1v) is 10.6. The predicted octanol–water partition coefficient (Wildman–Crippen LogP) is 7.47. The van der Waals surface area contributed by atoms with E-state index in [1.54, 1.807) is 0 Å². The summed E-state index contributed by atoms with van der Waals surface area (Å²) in [6, 6.07) is 41.8. The molecule has 1 heteroatoms. The SMILES string of the molecule is c1ccc([SH](c2cccc3ccccc23)c2cccc3ccccc23)cc1. The maximum Gasteiger partial charge on any atom is 0.00339 e. The highest BCUT2D eigenvalue weighted by molar-refractivity contribution is 8.17. The van der Waals surface area contributed by atoms with E-state index < -0.39 is 10.9 Å². The molecule has 0 aromatic heterocycles. The minimum Gasteiger partial charge on any atom is -0.172 e. The summed E-state index contributed by atoms with van der Waals surface area (Å²) < 4.78 is 0. The van der Waals surface area contributed by atoms with Crippen LogP contribution in [0.2, 0.25) is 0 Å². The molecule has 0 N–H and O–H groups in total. The molecule has 0 unspecified atom stereocenters. The lowest BCUT2D eigenvalue weighted by atomic mass is 10.1. The second kappa shape index (κ2) is 6.94. The fourth-order valence-electron chi connectivity index (χ4n) is 3.79. The lowest BCUT2D eigenvalue weighted by molar-refractivity contribution is 1.37. The molecule has 5 rings (SSSR count). The Balaban J connectivity index is 1.85. The Morgan fingerprint density at radius 1 is 0.370 bits per heavy atom. The molecule has 0 bridgehead atoms. The molecule has 130 valence electrons. The molecule has 0 saturated heterocycles. The van der Waals surface area contributed by atoms with Crippen molar-refractivity contribution >= 4 is 32.4 Å². The Bertz CT molecular complexity index is 1130. The maximum absolute atomic E-state index is 2.31. The van der Waals surface area contributed by atoms with E-state index in [0.717, 1.165) is 0 Å². The predicted molar refractivity (Wildman–Crippen MR) is 118 cm³/mol. The molecule has 0 radical (unpaired) electrons. The normalized spacial score (nSPS) is 11.6. The second-order valence-electron chi connectivity index (χ2n) is 6.67. The zero-order valence-corrected chi connectivity index (χ0v) is 15.8. The molecular formula is C26H20S. The average Bonchev–Trinajstić information content (AvgIpc) is 2.75. The van der Waals surface area contributed by atoms with Gasteiger partial charge in [0.05, 0.1) is 0 Å². The van der Waals surface area contributed by atoms with Gasteiger partial charge in [0.25, 0.3) is 0 Å². The molecule has 0 saturated carbocycles. The summed E-state index contributed by atoms with van der Waals surface area (Å²) in [5.41, 5.74) is 0. The van der Waals surface area contributed by atoms with Crippen molar-refractivity contribution in [2.45, 2.75) is 14.7 Å². The Labute approximate surface area is 162 Å². The molecular weight excluding hydrogens is 344 g/mol. The second-order valence-corrected chi connectivity index (χ2v) is 8.82. The van der Waals surface area contributed by atoms with Crippen LogP contribution >= 0.6 is 10.9 Å². The topological polar surface area (TPSA) is 0 Å². The van der Waals surface area contributed by atoms with Crippen molar-refractivity contribution in [2.24, 2.45) is 0 Å². The fourth-order valence-corrected chi connectivity index (χ4v) is 6.44. The summed E-state index contributed by atoms with van der Waals surface area (Å²) >= 11 is 0. The Kier molecular flexibility index (Phi) is 4.16. The number of benzene rings is 5. The molecule has 0 aliphatic rings. The zero-order valence-electron chi connectivity index (χ0n) is 14.9. The van der Waals surface area contributed by atoms with Gasteiger partial charge in [-0.3, -0.25) is 0 Å². The maximum atomic E-state index is 2.31. The number of hydrogen-bond acceptors (Lipinski definition) is 0. The molecule has 5 aromatic rings. The smallest absolute Gasteiger partial charge is 0.00339 e. The molecule has 0 aliphatic heterocycles. The summed E-state index contributed by atoms with van der Waals surface area (Å²) in [5.74, 6) is 0. The van der Waals surface area contributed by atoms with Gasteiger partial charge >= 0.3 is 0 Å². The molecule has 0 fully saturated rings. The first-order chi connectivity index (χ1) is 13.4. The van der Waals surface area contributed by atoms with Gasteiger partial charge in [0.1, 0.15) is 0 Å². The van der Waals surface area contributed by atoms with Gasteiger partial charge in [0.2, 0.25) is 0 Å². The highest BCUT2D eigenvalue weighted by Gasteiger charge is 2.17. The lowest BCUT2D eigenvalue weighted by Crippen LogP contribution is -1.91. The monoisotopic (exact) mass is 364 g/mol. The van der Waals surface area contributed by atoms with Crippen LogP contribution in [0.1, 0.15) is 0 Å². The molecule has 5 aromatic carbocycles. The highest BCUT2D eigenvalue weighted by atomic mass is 32.2. The first kappa shape index (κ1) is 16.2. The van der Waals surface area contributed by atoms with Gasteiger partial charge in [-0.2, -0.15) is 10.9 Å². The quantitative estimate of drug-likeness (QED) is 0.315. The van der Waals surface area contributed by atoms with Crippen LogP contribution in [0.4, 0.5) is 0 Å². The molecule has 0 spiro atoms. The minimum absolute atomic E-state index is 0.646. The fraction of sp³-hybridized carbons (Fsp3) is 0. The van der Waals surface area contributed by atoms with E-state index >= 15 is 0 Å². The van der Waals surface area contributed by atoms with Crippen LogP contribution < -0.4 is 0 Å². The third-order valence-electron chi connectivity index (χ3n) is 5.03. The van der Waals surface area contributed by atoms with Crippen LogP contribution in [0.15, 0.2) is 130 Å². The van der Waals surface area contributed by atoms with E-state index in [9.17, 15) is 0 Å². The summed E-state index contributed by atoms with van der Waals surface area (Å²) in [6.07, 6.45) is 0. The van der Waals surface area contributed by atoms with Gasteiger partial charge in [-0.1, -0.05) is 91.0 Å². The average molecular weight is 365 g/mol. The standard InChI is InChI=1S/C26H20S/c1-2-14-22(15-3-1)27(25-18-8-12-20-10-4-6-16-23(20)25)26-19-9-13-21-11-5-7-17-24(21)26/h1-19,27H. The summed E-state index contributed by atoms with van der Waals surface area (Å²) in [7, 11) is -0.646. The van der Waals surface area contributed by atoms with E-state index in [-0.39, 0.29) is 0 Å². The van der Waals surface area contributed by atoms with Crippen molar-refractivity contribution in [3.63, 3.8) is 0 Å². The Morgan fingerprint density at radius 3 is 1.37 bits per heavy atom. The van der Waals surface area contributed by atoms with Crippen molar-refractivity contribution in [2.75, 3.05) is 0 Å². The van der Waals surface area contributed by atoms with Crippen molar-refractivity contribution in [1.29, 1.82) is 0 Å².